The second kappa shape index (κ2) is 5.91. The average Bonchev–Trinajstić information content (AvgIpc) is 2.21. The highest BCUT2D eigenvalue weighted by atomic mass is 79.9. The number of amides is 1. The Morgan fingerprint density at radius 2 is 2.07 bits per heavy atom. The van der Waals surface area contributed by atoms with Gasteiger partial charge in [-0.05, 0) is 18.1 Å². The summed E-state index contributed by atoms with van der Waals surface area (Å²) in [4.78, 5) is 13.5. The minimum atomic E-state index is 0.170. The van der Waals surface area contributed by atoms with Gasteiger partial charge in [-0.15, -0.1) is 0 Å². The van der Waals surface area contributed by atoms with Gasteiger partial charge in [0, 0.05) is 18.1 Å². The number of hydrogen-bond donors (Lipinski definition) is 0. The Hall–Kier alpha value is -0.830. The van der Waals surface area contributed by atoms with Gasteiger partial charge < -0.3 is 4.90 Å². The topological polar surface area (TPSA) is 20.3 Å². The maximum Gasteiger partial charge on any atom is 0.226 e. The Balaban J connectivity index is 2.62. The zero-order valence-electron chi connectivity index (χ0n) is 9.16. The number of nitrogens with zero attached hydrogens (tertiary/aromatic N) is 1. The Kier molecular flexibility index (Phi) is 4.82. The first-order chi connectivity index (χ1) is 7.15. The summed E-state index contributed by atoms with van der Waals surface area (Å²) in [6, 6.07) is 7.84. The van der Waals surface area contributed by atoms with Crippen LogP contribution < -0.4 is 0 Å². The molecule has 0 spiro atoms. The summed E-state index contributed by atoms with van der Waals surface area (Å²) in [7, 11) is 1.85. The smallest absolute Gasteiger partial charge is 0.226 e. The molecule has 1 aromatic carbocycles. The van der Waals surface area contributed by atoms with Crippen molar-refractivity contribution in [3.05, 3.63) is 34.3 Å². The average molecular weight is 270 g/mol. The van der Waals surface area contributed by atoms with E-state index in [-0.39, 0.29) is 5.91 Å². The molecule has 0 aliphatic heterocycles. The third kappa shape index (κ3) is 3.67. The fourth-order valence-electron chi connectivity index (χ4n) is 1.40. The molecule has 82 valence electrons. The molecule has 15 heavy (non-hydrogen) atoms. The van der Waals surface area contributed by atoms with Gasteiger partial charge in [0.25, 0.3) is 0 Å². The van der Waals surface area contributed by atoms with Crippen molar-refractivity contribution in [1.29, 1.82) is 0 Å². The maximum absolute atomic E-state index is 11.8. The molecule has 2 nitrogen and oxygen atoms in total. The first-order valence-electron chi connectivity index (χ1n) is 5.12. The monoisotopic (exact) mass is 269 g/mol. The van der Waals surface area contributed by atoms with E-state index in [1.807, 2.05) is 31.3 Å². The summed E-state index contributed by atoms with van der Waals surface area (Å²) < 4.78 is 1.00. The molecule has 0 radical (unpaired) electrons. The fraction of sp³-hybridized carbons (Fsp3) is 0.417. The summed E-state index contributed by atoms with van der Waals surface area (Å²) in [6.07, 6.45) is 1.47. The van der Waals surface area contributed by atoms with Crippen LogP contribution >= 0.6 is 15.9 Å². The summed E-state index contributed by atoms with van der Waals surface area (Å²) in [5.74, 6) is 0.170. The molecule has 0 bridgehead atoms. The van der Waals surface area contributed by atoms with Crippen molar-refractivity contribution in [2.24, 2.45) is 0 Å². The van der Waals surface area contributed by atoms with Crippen molar-refractivity contribution in [2.75, 3.05) is 13.6 Å². The third-order valence-electron chi connectivity index (χ3n) is 2.28. The molecule has 0 N–H and O–H groups in total. The molecule has 0 aliphatic carbocycles. The summed E-state index contributed by atoms with van der Waals surface area (Å²) in [5.41, 5.74) is 1.05. The minimum Gasteiger partial charge on any atom is -0.345 e. The molecule has 0 atom stereocenters. The lowest BCUT2D eigenvalue weighted by molar-refractivity contribution is -0.129. The van der Waals surface area contributed by atoms with Crippen LogP contribution in [0.25, 0.3) is 0 Å². The lowest BCUT2D eigenvalue weighted by Gasteiger charge is -2.16. The van der Waals surface area contributed by atoms with E-state index in [1.54, 1.807) is 4.90 Å². The highest BCUT2D eigenvalue weighted by Gasteiger charge is 2.09. The largest absolute Gasteiger partial charge is 0.345 e. The van der Waals surface area contributed by atoms with E-state index in [0.29, 0.717) is 6.42 Å². The van der Waals surface area contributed by atoms with Crippen LogP contribution in [0.3, 0.4) is 0 Å². The van der Waals surface area contributed by atoms with Crippen LogP contribution in [0.4, 0.5) is 0 Å². The Bertz CT molecular complexity index is 338. The van der Waals surface area contributed by atoms with Crippen LogP contribution in [0.5, 0.6) is 0 Å². The quantitative estimate of drug-likeness (QED) is 0.823. The predicted molar refractivity (Wildman–Crippen MR) is 65.8 cm³/mol. The van der Waals surface area contributed by atoms with Gasteiger partial charge in [0.2, 0.25) is 5.91 Å². The third-order valence-corrected chi connectivity index (χ3v) is 3.06. The lowest BCUT2D eigenvalue weighted by Crippen LogP contribution is -2.28. The van der Waals surface area contributed by atoms with Crippen LogP contribution in [0.15, 0.2) is 28.7 Å². The number of hydrogen-bond acceptors (Lipinski definition) is 1. The number of halogens is 1. The SMILES string of the molecule is CCCN(C)C(=O)Cc1ccccc1Br. The Morgan fingerprint density at radius 1 is 1.40 bits per heavy atom. The Labute approximate surface area is 99.4 Å². The van der Waals surface area contributed by atoms with Gasteiger partial charge in [0.15, 0.2) is 0 Å². The van der Waals surface area contributed by atoms with Gasteiger partial charge in [-0.2, -0.15) is 0 Å². The van der Waals surface area contributed by atoms with E-state index < -0.39 is 0 Å². The van der Waals surface area contributed by atoms with Crippen molar-refractivity contribution in [1.82, 2.24) is 4.90 Å². The number of benzene rings is 1. The van der Waals surface area contributed by atoms with Gasteiger partial charge in [-0.3, -0.25) is 4.79 Å². The highest BCUT2D eigenvalue weighted by Crippen LogP contribution is 2.16. The normalized spacial score (nSPS) is 10.1. The number of rotatable bonds is 4. The van der Waals surface area contributed by atoms with Gasteiger partial charge in [0.1, 0.15) is 0 Å². The van der Waals surface area contributed by atoms with Crippen LogP contribution in [0.1, 0.15) is 18.9 Å². The lowest BCUT2D eigenvalue weighted by atomic mass is 10.1. The second-order valence-corrected chi connectivity index (χ2v) is 4.44. The summed E-state index contributed by atoms with van der Waals surface area (Å²) in [5, 5.41) is 0. The molecule has 0 unspecified atom stereocenters. The van der Waals surface area contributed by atoms with Gasteiger partial charge in [0.05, 0.1) is 6.42 Å². The van der Waals surface area contributed by atoms with Crippen LogP contribution in [-0.2, 0) is 11.2 Å². The highest BCUT2D eigenvalue weighted by molar-refractivity contribution is 9.10. The molecule has 0 fully saturated rings. The van der Waals surface area contributed by atoms with Crippen molar-refractivity contribution >= 4 is 21.8 Å². The fourth-order valence-corrected chi connectivity index (χ4v) is 1.82. The zero-order valence-corrected chi connectivity index (χ0v) is 10.8. The first kappa shape index (κ1) is 12.2. The molecule has 0 aromatic heterocycles. The molecule has 1 rings (SSSR count). The standard InChI is InChI=1S/C12H16BrNO/c1-3-8-14(2)12(15)9-10-6-4-5-7-11(10)13/h4-7H,3,8-9H2,1-2H3. The summed E-state index contributed by atoms with van der Waals surface area (Å²) in [6.45, 7) is 2.89. The van der Waals surface area contributed by atoms with Crippen molar-refractivity contribution in [3.8, 4) is 0 Å². The second-order valence-electron chi connectivity index (χ2n) is 3.58. The van der Waals surface area contributed by atoms with Gasteiger partial charge in [-0.25, -0.2) is 0 Å². The molecule has 0 saturated heterocycles. The zero-order chi connectivity index (χ0) is 11.3. The first-order valence-corrected chi connectivity index (χ1v) is 5.91. The number of likely N-dealkylation sites (N-methyl/N-ethyl adjacent to an activating group) is 1. The van der Waals surface area contributed by atoms with Crippen molar-refractivity contribution in [3.63, 3.8) is 0 Å². The minimum absolute atomic E-state index is 0.170. The molecule has 0 saturated carbocycles. The van der Waals surface area contributed by atoms with E-state index in [4.69, 9.17) is 0 Å². The molecular weight excluding hydrogens is 254 g/mol. The van der Waals surface area contributed by atoms with E-state index in [2.05, 4.69) is 22.9 Å². The molecule has 1 aromatic rings. The van der Waals surface area contributed by atoms with E-state index in [1.165, 1.54) is 0 Å². The molecule has 0 aliphatic rings. The van der Waals surface area contributed by atoms with Crippen LogP contribution in [0, 0.1) is 0 Å². The van der Waals surface area contributed by atoms with Gasteiger partial charge >= 0.3 is 0 Å². The molecular formula is C12H16BrNO. The summed E-state index contributed by atoms with van der Waals surface area (Å²) >= 11 is 3.44. The Morgan fingerprint density at radius 3 is 2.67 bits per heavy atom. The molecule has 3 heteroatoms. The maximum atomic E-state index is 11.8. The van der Waals surface area contributed by atoms with Crippen LogP contribution in [0.2, 0.25) is 0 Å². The van der Waals surface area contributed by atoms with Crippen LogP contribution in [-0.4, -0.2) is 24.4 Å². The predicted octanol–water partition coefficient (Wildman–Crippen LogP) is 2.86. The van der Waals surface area contributed by atoms with Gasteiger partial charge in [-0.1, -0.05) is 41.1 Å². The van der Waals surface area contributed by atoms with Crippen molar-refractivity contribution in [2.45, 2.75) is 19.8 Å². The van der Waals surface area contributed by atoms with E-state index in [9.17, 15) is 4.79 Å². The molecule has 0 heterocycles. The number of carbonyl (C=O) groups excluding carboxylic acids is 1. The van der Waals surface area contributed by atoms with E-state index in [0.717, 1.165) is 23.0 Å². The van der Waals surface area contributed by atoms with E-state index >= 15 is 0 Å². The number of carbonyl (C=O) groups is 1. The molecule has 1 amide bonds. The van der Waals surface area contributed by atoms with Crippen molar-refractivity contribution < 1.29 is 4.79 Å².